The lowest BCUT2D eigenvalue weighted by molar-refractivity contribution is -0.124. The number of likely N-dealkylation sites (tertiary alicyclic amines) is 1. The number of ether oxygens (including phenoxy) is 3. The first kappa shape index (κ1) is 22.8. The number of hydrogen-bond acceptors (Lipinski definition) is 6. The smallest absolute Gasteiger partial charge is 0.220 e. The maximum absolute atomic E-state index is 12.7. The van der Waals surface area contributed by atoms with E-state index >= 15 is 0 Å². The summed E-state index contributed by atoms with van der Waals surface area (Å²) >= 11 is 0. The van der Waals surface area contributed by atoms with Crippen molar-refractivity contribution in [1.82, 2.24) is 10.2 Å². The Bertz CT molecular complexity index is 686. The van der Waals surface area contributed by atoms with Crippen LogP contribution in [0.3, 0.4) is 0 Å². The number of rotatable bonds is 7. The number of hydrogen-bond donors (Lipinski definition) is 2. The lowest BCUT2D eigenvalue weighted by atomic mass is 9.95. The number of aliphatic hydroxyl groups is 1. The molecule has 7 heteroatoms. The fourth-order valence-electron chi connectivity index (χ4n) is 4.42. The number of nitrogens with one attached hydrogen (secondary N) is 1. The molecule has 2 saturated heterocycles. The van der Waals surface area contributed by atoms with Crippen LogP contribution in [0.5, 0.6) is 11.5 Å². The van der Waals surface area contributed by atoms with E-state index < -0.39 is 6.10 Å². The molecular formula is C23H36N2O5. The number of carbonyl (C=O) groups is 1. The SMILES string of the molecule is C.O=C(CC1CCOCC1)N[C@H](CN1CCCC1)[C@H](O)c1ccc2c(c1)OCCO2. The predicted molar refractivity (Wildman–Crippen MR) is 115 cm³/mol. The van der Waals surface area contributed by atoms with Crippen molar-refractivity contribution in [2.45, 2.75) is 51.7 Å². The Morgan fingerprint density at radius 3 is 2.53 bits per heavy atom. The topological polar surface area (TPSA) is 80.3 Å². The summed E-state index contributed by atoms with van der Waals surface area (Å²) in [6.07, 6.45) is 3.88. The molecule has 0 spiro atoms. The predicted octanol–water partition coefficient (Wildman–Crippen LogP) is 2.52. The summed E-state index contributed by atoms with van der Waals surface area (Å²) < 4.78 is 16.6. The molecule has 7 nitrogen and oxygen atoms in total. The van der Waals surface area contributed by atoms with Crippen LogP contribution in [0.2, 0.25) is 0 Å². The number of carbonyl (C=O) groups excluding carboxylic acids is 1. The molecule has 2 fully saturated rings. The van der Waals surface area contributed by atoms with Crippen molar-refractivity contribution in [3.8, 4) is 11.5 Å². The van der Waals surface area contributed by atoms with Gasteiger partial charge < -0.3 is 29.5 Å². The highest BCUT2D eigenvalue weighted by Crippen LogP contribution is 2.33. The van der Waals surface area contributed by atoms with Crippen LogP contribution in [0.15, 0.2) is 18.2 Å². The third-order valence-corrected chi connectivity index (χ3v) is 6.10. The van der Waals surface area contributed by atoms with Gasteiger partial charge in [-0.25, -0.2) is 0 Å². The van der Waals surface area contributed by atoms with Crippen molar-refractivity contribution < 1.29 is 24.1 Å². The van der Waals surface area contributed by atoms with E-state index in [9.17, 15) is 9.90 Å². The Kier molecular flexibility index (Phi) is 8.36. The second-order valence-electron chi connectivity index (χ2n) is 8.29. The Labute approximate surface area is 179 Å². The van der Waals surface area contributed by atoms with Gasteiger partial charge in [0.2, 0.25) is 5.91 Å². The Morgan fingerprint density at radius 1 is 1.10 bits per heavy atom. The molecule has 2 N–H and O–H groups in total. The van der Waals surface area contributed by atoms with E-state index in [4.69, 9.17) is 14.2 Å². The van der Waals surface area contributed by atoms with Gasteiger partial charge in [-0.3, -0.25) is 4.79 Å². The summed E-state index contributed by atoms with van der Waals surface area (Å²) in [7, 11) is 0. The zero-order valence-electron chi connectivity index (χ0n) is 17.0. The molecule has 0 unspecified atom stereocenters. The standard InChI is InChI=1S/C22H32N2O5.CH4/c25-21(13-16-5-9-27-10-6-16)23-18(15-24-7-1-2-8-24)22(26)17-3-4-19-20(14-17)29-12-11-28-19;/h3-4,14,16,18,22,26H,1-2,5-13,15H2,(H,23,25);1H4/t18-,22-;/m1./s1. The molecule has 0 radical (unpaired) electrons. The minimum atomic E-state index is -0.801. The summed E-state index contributed by atoms with van der Waals surface area (Å²) in [6.45, 7) is 5.18. The molecule has 4 rings (SSSR count). The zero-order valence-corrected chi connectivity index (χ0v) is 17.0. The average Bonchev–Trinajstić information content (AvgIpc) is 3.26. The first-order valence-corrected chi connectivity index (χ1v) is 10.9. The average molecular weight is 421 g/mol. The highest BCUT2D eigenvalue weighted by atomic mass is 16.6. The number of fused-ring (bicyclic) bond motifs is 1. The van der Waals surface area contributed by atoms with E-state index in [2.05, 4.69) is 10.2 Å². The molecule has 2 atom stereocenters. The van der Waals surface area contributed by atoms with Crippen molar-refractivity contribution in [2.75, 3.05) is 46.1 Å². The van der Waals surface area contributed by atoms with Gasteiger partial charge in [-0.1, -0.05) is 13.5 Å². The largest absolute Gasteiger partial charge is 0.486 e. The van der Waals surface area contributed by atoms with Gasteiger partial charge in [0, 0.05) is 26.2 Å². The van der Waals surface area contributed by atoms with Crippen LogP contribution in [0.4, 0.5) is 0 Å². The molecule has 3 aliphatic heterocycles. The highest BCUT2D eigenvalue weighted by Gasteiger charge is 2.28. The lowest BCUT2D eigenvalue weighted by Crippen LogP contribution is -2.47. The molecule has 3 heterocycles. The van der Waals surface area contributed by atoms with Gasteiger partial charge in [0.25, 0.3) is 0 Å². The summed E-state index contributed by atoms with van der Waals surface area (Å²) in [6, 6.07) is 5.17. The van der Waals surface area contributed by atoms with Crippen molar-refractivity contribution >= 4 is 5.91 Å². The summed E-state index contributed by atoms with van der Waals surface area (Å²) in [5, 5.41) is 14.3. The monoisotopic (exact) mass is 420 g/mol. The molecule has 1 aromatic rings. The second-order valence-corrected chi connectivity index (χ2v) is 8.29. The first-order valence-electron chi connectivity index (χ1n) is 10.9. The maximum atomic E-state index is 12.7. The molecule has 0 saturated carbocycles. The van der Waals surface area contributed by atoms with Gasteiger partial charge in [-0.15, -0.1) is 0 Å². The van der Waals surface area contributed by atoms with E-state index in [0.717, 1.165) is 44.7 Å². The van der Waals surface area contributed by atoms with E-state index in [0.29, 0.717) is 43.6 Å². The van der Waals surface area contributed by atoms with E-state index in [1.54, 1.807) is 0 Å². The zero-order chi connectivity index (χ0) is 20.1. The van der Waals surface area contributed by atoms with Crippen molar-refractivity contribution in [2.24, 2.45) is 5.92 Å². The maximum Gasteiger partial charge on any atom is 0.220 e. The van der Waals surface area contributed by atoms with Gasteiger partial charge in [0.15, 0.2) is 11.5 Å². The minimum absolute atomic E-state index is 0. The molecule has 168 valence electrons. The second kappa shape index (κ2) is 11.0. The highest BCUT2D eigenvalue weighted by molar-refractivity contribution is 5.76. The van der Waals surface area contributed by atoms with E-state index in [1.807, 2.05) is 18.2 Å². The van der Waals surface area contributed by atoms with Gasteiger partial charge >= 0.3 is 0 Å². The van der Waals surface area contributed by atoms with Crippen molar-refractivity contribution in [3.63, 3.8) is 0 Å². The van der Waals surface area contributed by atoms with Crippen LogP contribution in [-0.2, 0) is 9.53 Å². The number of benzene rings is 1. The number of nitrogens with zero attached hydrogens (tertiary/aromatic N) is 1. The quantitative estimate of drug-likeness (QED) is 0.706. The molecular weight excluding hydrogens is 384 g/mol. The summed E-state index contributed by atoms with van der Waals surface area (Å²) in [4.78, 5) is 15.1. The fourth-order valence-corrected chi connectivity index (χ4v) is 4.42. The fraction of sp³-hybridized carbons (Fsp3) is 0.696. The molecule has 0 bridgehead atoms. The van der Waals surface area contributed by atoms with Crippen LogP contribution in [0.25, 0.3) is 0 Å². The molecule has 30 heavy (non-hydrogen) atoms. The molecule has 3 aliphatic rings. The molecule has 0 aliphatic carbocycles. The molecule has 1 aromatic carbocycles. The van der Waals surface area contributed by atoms with Gasteiger partial charge in [0.05, 0.1) is 6.04 Å². The van der Waals surface area contributed by atoms with E-state index in [1.165, 1.54) is 12.8 Å². The minimum Gasteiger partial charge on any atom is -0.486 e. The van der Waals surface area contributed by atoms with Crippen molar-refractivity contribution in [1.29, 1.82) is 0 Å². The third-order valence-electron chi connectivity index (χ3n) is 6.10. The number of aliphatic hydroxyl groups excluding tert-OH is 1. The van der Waals surface area contributed by atoms with Crippen LogP contribution >= 0.6 is 0 Å². The van der Waals surface area contributed by atoms with E-state index in [-0.39, 0.29) is 19.4 Å². The summed E-state index contributed by atoms with van der Waals surface area (Å²) in [5.74, 6) is 1.73. The van der Waals surface area contributed by atoms with Crippen LogP contribution in [0.1, 0.15) is 51.2 Å². The third kappa shape index (κ3) is 5.86. The Hall–Kier alpha value is -1.83. The number of amides is 1. The summed E-state index contributed by atoms with van der Waals surface area (Å²) in [5.41, 5.74) is 0.741. The molecule has 1 amide bonds. The Morgan fingerprint density at radius 2 is 1.80 bits per heavy atom. The Balaban J connectivity index is 0.00000256. The van der Waals surface area contributed by atoms with Gasteiger partial charge in [-0.05, 0) is 62.4 Å². The van der Waals surface area contributed by atoms with Gasteiger partial charge in [0.1, 0.15) is 19.3 Å². The normalized spacial score (nSPS) is 21.5. The molecule has 0 aromatic heterocycles. The first-order chi connectivity index (χ1) is 14.2. The van der Waals surface area contributed by atoms with Gasteiger partial charge in [-0.2, -0.15) is 0 Å². The lowest BCUT2D eigenvalue weighted by Gasteiger charge is -2.30. The van der Waals surface area contributed by atoms with Crippen LogP contribution in [-0.4, -0.2) is 68.0 Å². The van der Waals surface area contributed by atoms with Crippen LogP contribution < -0.4 is 14.8 Å². The van der Waals surface area contributed by atoms with Crippen LogP contribution in [0, 0.1) is 5.92 Å². The van der Waals surface area contributed by atoms with Crippen molar-refractivity contribution in [3.05, 3.63) is 23.8 Å².